The standard InChI is InChI=1S/C17H17ClN2/c18-14-6-7-16-13(11-20-17(16)10-14)9-15(19)8-12-4-2-1-3-5-12/h1-7,10-11,15,20H,8-9,19H2. The number of nitrogens with two attached hydrogens (primary N) is 1. The van der Waals surface area contributed by atoms with Crippen LogP contribution in [0.1, 0.15) is 11.1 Å². The van der Waals surface area contributed by atoms with Crippen LogP contribution < -0.4 is 5.73 Å². The van der Waals surface area contributed by atoms with Gasteiger partial charge < -0.3 is 10.7 Å². The number of H-pyrrole nitrogens is 1. The summed E-state index contributed by atoms with van der Waals surface area (Å²) in [5.41, 5.74) is 9.88. The van der Waals surface area contributed by atoms with Crippen LogP contribution in [0.5, 0.6) is 0 Å². The van der Waals surface area contributed by atoms with Gasteiger partial charge in [0.15, 0.2) is 0 Å². The normalized spacial score (nSPS) is 12.7. The first-order chi connectivity index (χ1) is 9.72. The van der Waals surface area contributed by atoms with Crippen LogP contribution >= 0.6 is 11.6 Å². The minimum atomic E-state index is 0.118. The SMILES string of the molecule is NC(Cc1ccccc1)Cc1c[nH]c2cc(Cl)ccc12. The zero-order chi connectivity index (χ0) is 13.9. The molecule has 2 aromatic carbocycles. The van der Waals surface area contributed by atoms with E-state index in [4.69, 9.17) is 17.3 Å². The highest BCUT2D eigenvalue weighted by Gasteiger charge is 2.09. The van der Waals surface area contributed by atoms with E-state index in [-0.39, 0.29) is 6.04 Å². The minimum Gasteiger partial charge on any atom is -0.361 e. The Bertz CT molecular complexity index is 703. The number of benzene rings is 2. The number of halogens is 1. The van der Waals surface area contributed by atoms with Crippen LogP contribution in [-0.2, 0) is 12.8 Å². The molecule has 102 valence electrons. The molecule has 0 amide bonds. The second-order valence-electron chi connectivity index (χ2n) is 5.16. The molecule has 1 unspecified atom stereocenters. The minimum absolute atomic E-state index is 0.118. The van der Waals surface area contributed by atoms with Gasteiger partial charge in [0, 0.05) is 28.2 Å². The molecule has 1 atom stereocenters. The van der Waals surface area contributed by atoms with Crippen LogP contribution in [0, 0.1) is 0 Å². The Morgan fingerprint density at radius 2 is 1.85 bits per heavy atom. The van der Waals surface area contributed by atoms with Crippen molar-refractivity contribution >= 4 is 22.5 Å². The second-order valence-corrected chi connectivity index (χ2v) is 5.59. The van der Waals surface area contributed by atoms with E-state index in [2.05, 4.69) is 35.3 Å². The molecule has 0 aliphatic carbocycles. The number of hydrogen-bond acceptors (Lipinski definition) is 1. The Morgan fingerprint density at radius 1 is 1.05 bits per heavy atom. The first-order valence-electron chi connectivity index (χ1n) is 6.77. The van der Waals surface area contributed by atoms with Crippen molar-refractivity contribution in [3.63, 3.8) is 0 Å². The zero-order valence-electron chi connectivity index (χ0n) is 11.1. The summed E-state index contributed by atoms with van der Waals surface area (Å²) in [6, 6.07) is 16.4. The van der Waals surface area contributed by atoms with Gasteiger partial charge in [0.1, 0.15) is 0 Å². The summed E-state index contributed by atoms with van der Waals surface area (Å²) in [5, 5.41) is 1.96. The van der Waals surface area contributed by atoms with Gasteiger partial charge in [-0.05, 0) is 36.1 Å². The Morgan fingerprint density at radius 3 is 2.65 bits per heavy atom. The molecule has 0 fully saturated rings. The molecule has 20 heavy (non-hydrogen) atoms. The van der Waals surface area contributed by atoms with Gasteiger partial charge in [0.25, 0.3) is 0 Å². The molecule has 0 bridgehead atoms. The average molecular weight is 285 g/mol. The lowest BCUT2D eigenvalue weighted by molar-refractivity contribution is 0.667. The van der Waals surface area contributed by atoms with Crippen LogP contribution in [0.2, 0.25) is 5.02 Å². The Hall–Kier alpha value is -1.77. The summed E-state index contributed by atoms with van der Waals surface area (Å²) in [7, 11) is 0. The van der Waals surface area contributed by atoms with Crippen molar-refractivity contribution in [3.05, 3.63) is 70.9 Å². The van der Waals surface area contributed by atoms with E-state index in [9.17, 15) is 0 Å². The molecular weight excluding hydrogens is 268 g/mol. The largest absolute Gasteiger partial charge is 0.361 e. The molecule has 0 spiro atoms. The monoisotopic (exact) mass is 284 g/mol. The predicted molar refractivity (Wildman–Crippen MR) is 85.1 cm³/mol. The maximum absolute atomic E-state index is 6.28. The van der Waals surface area contributed by atoms with Crippen LogP contribution in [0.3, 0.4) is 0 Å². The third-order valence-corrected chi connectivity index (χ3v) is 3.79. The van der Waals surface area contributed by atoms with Gasteiger partial charge in [0.05, 0.1) is 0 Å². The van der Waals surface area contributed by atoms with Crippen molar-refractivity contribution in [1.29, 1.82) is 0 Å². The van der Waals surface area contributed by atoms with Crippen LogP contribution in [0.25, 0.3) is 10.9 Å². The Balaban J connectivity index is 1.76. The van der Waals surface area contributed by atoms with Gasteiger partial charge in [-0.1, -0.05) is 48.0 Å². The summed E-state index contributed by atoms with van der Waals surface area (Å²) in [5.74, 6) is 0. The highest BCUT2D eigenvalue weighted by atomic mass is 35.5. The van der Waals surface area contributed by atoms with E-state index in [1.54, 1.807) is 0 Å². The number of fused-ring (bicyclic) bond motifs is 1. The number of nitrogens with one attached hydrogen (secondary N) is 1. The van der Waals surface area contributed by atoms with E-state index >= 15 is 0 Å². The lowest BCUT2D eigenvalue weighted by Gasteiger charge is -2.11. The fourth-order valence-corrected chi connectivity index (χ4v) is 2.77. The third kappa shape index (κ3) is 2.87. The Kier molecular flexibility index (Phi) is 3.77. The summed E-state index contributed by atoms with van der Waals surface area (Å²) >= 11 is 6.00. The Labute approximate surface area is 123 Å². The molecular formula is C17H17ClN2. The predicted octanol–water partition coefficient (Wildman–Crippen LogP) is 3.93. The number of aromatic nitrogens is 1. The quantitative estimate of drug-likeness (QED) is 0.749. The van der Waals surface area contributed by atoms with Gasteiger partial charge in [-0.15, -0.1) is 0 Å². The van der Waals surface area contributed by atoms with Crippen molar-refractivity contribution in [2.24, 2.45) is 5.73 Å². The van der Waals surface area contributed by atoms with Crippen LogP contribution in [0.4, 0.5) is 0 Å². The summed E-state index contributed by atoms with van der Waals surface area (Å²) in [6.45, 7) is 0. The topological polar surface area (TPSA) is 41.8 Å². The second kappa shape index (κ2) is 5.70. The molecule has 1 heterocycles. The van der Waals surface area contributed by atoms with E-state index in [1.807, 2.05) is 24.4 Å². The van der Waals surface area contributed by atoms with E-state index in [1.165, 1.54) is 16.5 Å². The molecule has 3 aromatic rings. The van der Waals surface area contributed by atoms with Crippen molar-refractivity contribution in [3.8, 4) is 0 Å². The van der Waals surface area contributed by atoms with Gasteiger partial charge in [-0.25, -0.2) is 0 Å². The fourth-order valence-electron chi connectivity index (χ4n) is 2.60. The maximum atomic E-state index is 6.28. The smallest absolute Gasteiger partial charge is 0.0471 e. The van der Waals surface area contributed by atoms with E-state index in [0.717, 1.165) is 23.4 Å². The molecule has 0 saturated carbocycles. The molecule has 0 radical (unpaired) electrons. The first-order valence-corrected chi connectivity index (χ1v) is 7.15. The molecule has 2 nitrogen and oxygen atoms in total. The van der Waals surface area contributed by atoms with Crippen LogP contribution in [0.15, 0.2) is 54.7 Å². The van der Waals surface area contributed by atoms with Gasteiger partial charge >= 0.3 is 0 Å². The first kappa shape index (κ1) is 13.2. The summed E-state index contributed by atoms with van der Waals surface area (Å²) in [4.78, 5) is 3.26. The molecule has 3 rings (SSSR count). The highest BCUT2D eigenvalue weighted by molar-refractivity contribution is 6.31. The summed E-state index contributed by atoms with van der Waals surface area (Å²) < 4.78 is 0. The van der Waals surface area contributed by atoms with Gasteiger partial charge in [-0.3, -0.25) is 0 Å². The molecule has 0 saturated heterocycles. The van der Waals surface area contributed by atoms with E-state index in [0.29, 0.717) is 0 Å². The van der Waals surface area contributed by atoms with E-state index < -0.39 is 0 Å². The van der Waals surface area contributed by atoms with Crippen molar-refractivity contribution in [1.82, 2.24) is 4.98 Å². The molecule has 1 aromatic heterocycles. The van der Waals surface area contributed by atoms with Crippen LogP contribution in [-0.4, -0.2) is 11.0 Å². The lowest BCUT2D eigenvalue weighted by Crippen LogP contribution is -2.25. The van der Waals surface area contributed by atoms with Crippen molar-refractivity contribution in [2.75, 3.05) is 0 Å². The van der Waals surface area contributed by atoms with Gasteiger partial charge in [-0.2, -0.15) is 0 Å². The van der Waals surface area contributed by atoms with Gasteiger partial charge in [0.2, 0.25) is 0 Å². The number of hydrogen-bond donors (Lipinski definition) is 2. The molecule has 0 aliphatic heterocycles. The number of aromatic amines is 1. The summed E-state index contributed by atoms with van der Waals surface area (Å²) in [6.07, 6.45) is 3.78. The third-order valence-electron chi connectivity index (χ3n) is 3.55. The lowest BCUT2D eigenvalue weighted by atomic mass is 9.99. The number of rotatable bonds is 4. The highest BCUT2D eigenvalue weighted by Crippen LogP contribution is 2.23. The zero-order valence-corrected chi connectivity index (χ0v) is 11.9. The van der Waals surface area contributed by atoms with Crippen molar-refractivity contribution in [2.45, 2.75) is 18.9 Å². The molecule has 3 N–H and O–H groups in total. The maximum Gasteiger partial charge on any atom is 0.0471 e. The molecule has 3 heteroatoms. The fraction of sp³-hybridized carbons (Fsp3) is 0.176. The van der Waals surface area contributed by atoms with Crippen molar-refractivity contribution < 1.29 is 0 Å². The average Bonchev–Trinajstić information content (AvgIpc) is 2.82. The molecule has 0 aliphatic rings.